The van der Waals surface area contributed by atoms with Crippen molar-refractivity contribution in [2.75, 3.05) is 19.6 Å². The molecular formula is C21H39N9O6. The van der Waals surface area contributed by atoms with Crippen LogP contribution in [0.15, 0.2) is 4.99 Å². The lowest BCUT2D eigenvalue weighted by molar-refractivity contribution is -0.144. The standard InChI is InChI=1S/C21H39N9O6/c22-8-2-1-5-12(23)19(34)30-10-4-7-15(30)18(33)28-13(6-3-9-27-21(25)26)17(32)29-14(20(35)36)11-16(24)31/h12-15H,1-11,22-23H2,(H2,24,31)(H,28,33)(H,29,32)(H,35,36)(H4,25,26,27). The zero-order chi connectivity index (χ0) is 27.3. The van der Waals surface area contributed by atoms with Gasteiger partial charge in [-0.05, 0) is 45.1 Å². The fraction of sp³-hybridized carbons (Fsp3) is 0.714. The number of hydrogen-bond acceptors (Lipinski definition) is 8. The number of carboxylic acid groups (broad SMARTS) is 1. The molecule has 4 amide bonds. The van der Waals surface area contributed by atoms with Crippen LogP contribution in [-0.2, 0) is 24.0 Å². The Kier molecular flexibility index (Phi) is 13.2. The minimum Gasteiger partial charge on any atom is -0.480 e. The molecule has 0 bridgehead atoms. The van der Waals surface area contributed by atoms with E-state index in [0.717, 1.165) is 6.42 Å². The smallest absolute Gasteiger partial charge is 0.326 e. The summed E-state index contributed by atoms with van der Waals surface area (Å²) in [7, 11) is 0. The average Bonchev–Trinajstić information content (AvgIpc) is 3.29. The molecule has 15 nitrogen and oxygen atoms in total. The fourth-order valence-corrected chi connectivity index (χ4v) is 3.86. The fourth-order valence-electron chi connectivity index (χ4n) is 3.86. The topological polar surface area (TPSA) is 275 Å². The Morgan fingerprint density at radius 3 is 2.28 bits per heavy atom. The van der Waals surface area contributed by atoms with Crippen molar-refractivity contribution in [1.82, 2.24) is 15.5 Å². The summed E-state index contributed by atoms with van der Waals surface area (Å²) in [6.07, 6.45) is 2.54. The number of nitrogens with one attached hydrogen (secondary N) is 2. The number of likely N-dealkylation sites (tertiary alicyclic amines) is 1. The molecule has 0 spiro atoms. The molecule has 4 unspecified atom stereocenters. The number of nitrogens with zero attached hydrogens (tertiary/aromatic N) is 2. The number of rotatable bonds is 16. The number of aliphatic imine (C=N–C) groups is 1. The van der Waals surface area contributed by atoms with Gasteiger partial charge in [0.2, 0.25) is 23.6 Å². The second kappa shape index (κ2) is 15.5. The highest BCUT2D eigenvalue weighted by atomic mass is 16.4. The molecule has 1 aliphatic rings. The normalized spacial score (nSPS) is 17.5. The van der Waals surface area contributed by atoms with Crippen molar-refractivity contribution >= 4 is 35.6 Å². The first-order valence-electron chi connectivity index (χ1n) is 11.9. The quantitative estimate of drug-likeness (QED) is 0.0570. The molecule has 0 radical (unpaired) electrons. The SMILES string of the molecule is NCCCCC(N)C(=O)N1CCCC1C(=O)NC(CCCN=C(N)N)C(=O)NC(CC(N)=O)C(=O)O. The van der Waals surface area contributed by atoms with E-state index in [1.54, 1.807) is 0 Å². The Hall–Kier alpha value is -3.46. The molecule has 1 heterocycles. The lowest BCUT2D eigenvalue weighted by Gasteiger charge is -2.28. The van der Waals surface area contributed by atoms with Crippen LogP contribution in [0, 0.1) is 0 Å². The molecule has 0 aromatic heterocycles. The van der Waals surface area contributed by atoms with Gasteiger partial charge >= 0.3 is 5.97 Å². The Bertz CT molecular complexity index is 818. The number of carboxylic acids is 1. The average molecular weight is 514 g/mol. The maximum atomic E-state index is 13.1. The van der Waals surface area contributed by atoms with E-state index >= 15 is 0 Å². The highest BCUT2D eigenvalue weighted by Gasteiger charge is 2.37. The van der Waals surface area contributed by atoms with Gasteiger partial charge in [0.25, 0.3) is 0 Å². The van der Waals surface area contributed by atoms with Crippen LogP contribution in [0.3, 0.4) is 0 Å². The highest BCUT2D eigenvalue weighted by molar-refractivity contribution is 5.95. The summed E-state index contributed by atoms with van der Waals surface area (Å²) in [6.45, 7) is 1.00. The molecule has 4 atom stereocenters. The number of carbonyl (C=O) groups is 5. The predicted octanol–water partition coefficient (Wildman–Crippen LogP) is -3.58. The van der Waals surface area contributed by atoms with E-state index in [9.17, 15) is 29.1 Å². The summed E-state index contributed by atoms with van der Waals surface area (Å²) in [4.78, 5) is 66.6. The van der Waals surface area contributed by atoms with Crippen LogP contribution in [0.2, 0.25) is 0 Å². The third-order valence-electron chi connectivity index (χ3n) is 5.72. The largest absolute Gasteiger partial charge is 0.480 e. The molecule has 204 valence electrons. The van der Waals surface area contributed by atoms with Gasteiger partial charge < -0.3 is 49.3 Å². The van der Waals surface area contributed by atoms with Crippen molar-refractivity contribution in [1.29, 1.82) is 0 Å². The number of hydrogen-bond donors (Lipinski definition) is 8. The van der Waals surface area contributed by atoms with Crippen LogP contribution < -0.4 is 39.3 Å². The zero-order valence-electron chi connectivity index (χ0n) is 20.4. The van der Waals surface area contributed by atoms with E-state index in [1.165, 1.54) is 4.90 Å². The molecule has 0 aromatic carbocycles. The number of aliphatic carboxylic acids is 1. The van der Waals surface area contributed by atoms with Crippen LogP contribution in [0.4, 0.5) is 0 Å². The monoisotopic (exact) mass is 513 g/mol. The predicted molar refractivity (Wildman–Crippen MR) is 131 cm³/mol. The van der Waals surface area contributed by atoms with E-state index in [0.29, 0.717) is 38.8 Å². The Balaban J connectivity index is 2.93. The van der Waals surface area contributed by atoms with Gasteiger partial charge in [-0.25, -0.2) is 4.79 Å². The summed E-state index contributed by atoms with van der Waals surface area (Å²) in [5.41, 5.74) is 27.2. The van der Waals surface area contributed by atoms with E-state index < -0.39 is 54.3 Å². The lowest BCUT2D eigenvalue weighted by Crippen LogP contribution is -2.56. The summed E-state index contributed by atoms with van der Waals surface area (Å²) < 4.78 is 0. The van der Waals surface area contributed by atoms with E-state index in [-0.39, 0.29) is 31.3 Å². The third kappa shape index (κ3) is 10.4. The van der Waals surface area contributed by atoms with Crippen LogP contribution in [-0.4, -0.2) is 89.4 Å². The van der Waals surface area contributed by atoms with Crippen molar-refractivity contribution in [3.05, 3.63) is 0 Å². The van der Waals surface area contributed by atoms with Crippen molar-refractivity contribution in [3.63, 3.8) is 0 Å². The van der Waals surface area contributed by atoms with Crippen LogP contribution in [0.5, 0.6) is 0 Å². The third-order valence-corrected chi connectivity index (χ3v) is 5.72. The first-order chi connectivity index (χ1) is 17.0. The first-order valence-corrected chi connectivity index (χ1v) is 11.9. The van der Waals surface area contributed by atoms with E-state index in [4.69, 9.17) is 28.7 Å². The van der Waals surface area contributed by atoms with Gasteiger partial charge in [0, 0.05) is 13.1 Å². The number of nitrogens with two attached hydrogens (primary N) is 5. The van der Waals surface area contributed by atoms with Gasteiger partial charge in [0.1, 0.15) is 18.1 Å². The number of carbonyl (C=O) groups excluding carboxylic acids is 4. The van der Waals surface area contributed by atoms with Gasteiger partial charge in [0.05, 0.1) is 12.5 Å². The number of primary amides is 1. The van der Waals surface area contributed by atoms with Crippen molar-refractivity contribution in [2.45, 2.75) is 75.5 Å². The van der Waals surface area contributed by atoms with Gasteiger partial charge in [0.15, 0.2) is 5.96 Å². The maximum Gasteiger partial charge on any atom is 0.326 e. The van der Waals surface area contributed by atoms with Crippen LogP contribution in [0.1, 0.15) is 51.4 Å². The number of amides is 4. The van der Waals surface area contributed by atoms with E-state index in [2.05, 4.69) is 15.6 Å². The summed E-state index contributed by atoms with van der Waals surface area (Å²) in [5, 5.41) is 14.1. The second-order valence-corrected chi connectivity index (χ2v) is 8.66. The van der Waals surface area contributed by atoms with Gasteiger partial charge in [-0.1, -0.05) is 6.42 Å². The van der Waals surface area contributed by atoms with Crippen molar-refractivity contribution in [2.24, 2.45) is 33.7 Å². The van der Waals surface area contributed by atoms with Gasteiger partial charge in [-0.15, -0.1) is 0 Å². The van der Waals surface area contributed by atoms with Crippen molar-refractivity contribution in [3.8, 4) is 0 Å². The molecule has 1 aliphatic heterocycles. The Morgan fingerprint density at radius 2 is 1.69 bits per heavy atom. The summed E-state index contributed by atoms with van der Waals surface area (Å²) in [6, 6.07) is -4.33. The summed E-state index contributed by atoms with van der Waals surface area (Å²) >= 11 is 0. The molecule has 13 N–H and O–H groups in total. The molecule has 1 saturated heterocycles. The molecule has 36 heavy (non-hydrogen) atoms. The van der Waals surface area contributed by atoms with Crippen LogP contribution >= 0.6 is 0 Å². The van der Waals surface area contributed by atoms with Crippen LogP contribution in [0.25, 0.3) is 0 Å². The maximum absolute atomic E-state index is 13.1. The number of unbranched alkanes of at least 4 members (excludes halogenated alkanes) is 1. The molecular weight excluding hydrogens is 474 g/mol. The lowest BCUT2D eigenvalue weighted by atomic mass is 10.1. The molecule has 15 heteroatoms. The van der Waals surface area contributed by atoms with Crippen molar-refractivity contribution < 1.29 is 29.1 Å². The molecule has 0 aromatic rings. The zero-order valence-corrected chi connectivity index (χ0v) is 20.4. The molecule has 1 rings (SSSR count). The van der Waals surface area contributed by atoms with Gasteiger partial charge in [-0.3, -0.25) is 24.2 Å². The Morgan fingerprint density at radius 1 is 1.00 bits per heavy atom. The van der Waals surface area contributed by atoms with E-state index in [1.807, 2.05) is 0 Å². The minimum absolute atomic E-state index is 0.0660. The minimum atomic E-state index is -1.57. The Labute approximate surface area is 209 Å². The highest BCUT2D eigenvalue weighted by Crippen LogP contribution is 2.20. The summed E-state index contributed by atoms with van der Waals surface area (Å²) in [5.74, 6) is -4.26. The van der Waals surface area contributed by atoms with Gasteiger partial charge in [-0.2, -0.15) is 0 Å². The molecule has 0 aliphatic carbocycles. The molecule has 0 saturated carbocycles. The molecule has 1 fully saturated rings. The second-order valence-electron chi connectivity index (χ2n) is 8.66. The number of guanidine groups is 1. The first kappa shape index (κ1) is 30.6.